The summed E-state index contributed by atoms with van der Waals surface area (Å²) in [7, 11) is 1.63. The van der Waals surface area contributed by atoms with E-state index < -0.39 is 0 Å². The quantitative estimate of drug-likeness (QED) is 0.886. The second kappa shape index (κ2) is 6.58. The Hall–Kier alpha value is -2.08. The number of ether oxygens (including phenoxy) is 1. The lowest BCUT2D eigenvalue weighted by Crippen LogP contribution is -2.09. The third-order valence-corrected chi connectivity index (χ3v) is 4.18. The van der Waals surface area contributed by atoms with Crippen LogP contribution in [0.4, 0.5) is 11.4 Å². The Labute approximate surface area is 128 Å². The molecule has 1 aromatic heterocycles. The smallest absolute Gasteiger partial charge is 0.221 e. The number of nitrogens with zero attached hydrogens (tertiary/aromatic N) is 1. The lowest BCUT2D eigenvalue weighted by molar-refractivity contribution is -0.114. The molecule has 1 atom stereocenters. The van der Waals surface area contributed by atoms with E-state index in [2.05, 4.69) is 22.5 Å². The highest BCUT2D eigenvalue weighted by molar-refractivity contribution is 7.09. The van der Waals surface area contributed by atoms with Gasteiger partial charge in [0.15, 0.2) is 0 Å². The standard InChI is InChI=1S/C15H19N3O2S/c1-9-15(21-8-16-9)10(2)17-13-7-12(18-11(3)19)5-6-14(13)20-4/h5-8,10,17H,1-4H3,(H,18,19). The third-order valence-electron chi connectivity index (χ3n) is 3.07. The van der Waals surface area contributed by atoms with E-state index in [1.54, 1.807) is 18.4 Å². The number of nitrogens with one attached hydrogen (secondary N) is 2. The summed E-state index contributed by atoms with van der Waals surface area (Å²) < 4.78 is 5.37. The van der Waals surface area contributed by atoms with Gasteiger partial charge in [-0.3, -0.25) is 4.79 Å². The van der Waals surface area contributed by atoms with Crippen LogP contribution in [0.15, 0.2) is 23.7 Å². The number of hydrogen-bond acceptors (Lipinski definition) is 5. The number of aryl methyl sites for hydroxylation is 1. The highest BCUT2D eigenvalue weighted by Gasteiger charge is 2.13. The number of thiazole rings is 1. The third kappa shape index (κ3) is 3.72. The van der Waals surface area contributed by atoms with Gasteiger partial charge in [-0.05, 0) is 32.0 Å². The van der Waals surface area contributed by atoms with Crippen molar-refractivity contribution in [3.05, 3.63) is 34.3 Å². The molecule has 0 fully saturated rings. The lowest BCUT2D eigenvalue weighted by atomic mass is 10.2. The first kappa shape index (κ1) is 15.3. The van der Waals surface area contributed by atoms with Gasteiger partial charge in [-0.25, -0.2) is 4.98 Å². The van der Waals surface area contributed by atoms with Gasteiger partial charge in [0.05, 0.1) is 30.0 Å². The number of aromatic nitrogens is 1. The molecule has 0 spiro atoms. The van der Waals surface area contributed by atoms with Crippen LogP contribution in [0.2, 0.25) is 0 Å². The molecule has 0 aliphatic carbocycles. The first-order chi connectivity index (χ1) is 10.0. The number of anilines is 2. The second-order valence-corrected chi connectivity index (χ2v) is 5.65. The van der Waals surface area contributed by atoms with Crippen LogP contribution in [-0.4, -0.2) is 18.0 Å². The molecule has 112 valence electrons. The van der Waals surface area contributed by atoms with Crippen molar-refractivity contribution in [2.45, 2.75) is 26.8 Å². The van der Waals surface area contributed by atoms with Gasteiger partial charge < -0.3 is 15.4 Å². The van der Waals surface area contributed by atoms with Crippen LogP contribution in [0, 0.1) is 6.92 Å². The van der Waals surface area contributed by atoms with E-state index in [9.17, 15) is 4.79 Å². The summed E-state index contributed by atoms with van der Waals surface area (Å²) >= 11 is 1.62. The van der Waals surface area contributed by atoms with Gasteiger partial charge in [-0.1, -0.05) is 0 Å². The Morgan fingerprint density at radius 3 is 2.76 bits per heavy atom. The van der Waals surface area contributed by atoms with Gasteiger partial charge >= 0.3 is 0 Å². The van der Waals surface area contributed by atoms with Gasteiger partial charge in [0.2, 0.25) is 5.91 Å². The summed E-state index contributed by atoms with van der Waals surface area (Å²) in [5, 5.41) is 6.18. The molecule has 0 bridgehead atoms. The van der Waals surface area contributed by atoms with Crippen molar-refractivity contribution in [1.29, 1.82) is 0 Å². The molecule has 21 heavy (non-hydrogen) atoms. The number of benzene rings is 1. The second-order valence-electron chi connectivity index (χ2n) is 4.76. The fraction of sp³-hybridized carbons (Fsp3) is 0.333. The Kier molecular flexibility index (Phi) is 4.80. The summed E-state index contributed by atoms with van der Waals surface area (Å²) in [4.78, 5) is 16.6. The Morgan fingerprint density at radius 1 is 1.43 bits per heavy atom. The van der Waals surface area contributed by atoms with E-state index in [1.807, 2.05) is 30.6 Å². The number of amides is 1. The maximum Gasteiger partial charge on any atom is 0.221 e. The van der Waals surface area contributed by atoms with E-state index in [4.69, 9.17) is 4.74 Å². The van der Waals surface area contributed by atoms with Crippen LogP contribution in [0.25, 0.3) is 0 Å². The first-order valence-electron chi connectivity index (χ1n) is 6.63. The molecule has 0 saturated carbocycles. The van der Waals surface area contributed by atoms with Gasteiger partial charge in [0.1, 0.15) is 5.75 Å². The topological polar surface area (TPSA) is 63.2 Å². The molecule has 2 N–H and O–H groups in total. The fourth-order valence-corrected chi connectivity index (χ4v) is 2.94. The summed E-state index contributed by atoms with van der Waals surface area (Å²) in [5.41, 5.74) is 4.44. The van der Waals surface area contributed by atoms with E-state index in [0.29, 0.717) is 0 Å². The molecule has 2 rings (SSSR count). The van der Waals surface area contributed by atoms with Gasteiger partial charge in [0.25, 0.3) is 0 Å². The molecular formula is C15H19N3O2S. The van der Waals surface area contributed by atoms with E-state index in [0.717, 1.165) is 22.8 Å². The SMILES string of the molecule is COc1ccc(NC(C)=O)cc1NC(C)c1scnc1C. The minimum absolute atomic E-state index is 0.0996. The Bertz CT molecular complexity index is 640. The summed E-state index contributed by atoms with van der Waals surface area (Å²) in [5.74, 6) is 0.635. The minimum atomic E-state index is -0.0996. The zero-order chi connectivity index (χ0) is 15.4. The zero-order valence-electron chi connectivity index (χ0n) is 12.6. The van der Waals surface area contributed by atoms with E-state index in [1.165, 1.54) is 11.8 Å². The van der Waals surface area contributed by atoms with Crippen molar-refractivity contribution in [2.75, 3.05) is 17.7 Å². The number of carbonyl (C=O) groups excluding carboxylic acids is 1. The average Bonchev–Trinajstić information content (AvgIpc) is 2.84. The average molecular weight is 305 g/mol. The minimum Gasteiger partial charge on any atom is -0.495 e. The molecule has 1 heterocycles. The Balaban J connectivity index is 2.24. The molecule has 1 amide bonds. The number of carbonyl (C=O) groups is 1. The molecule has 0 saturated heterocycles. The van der Waals surface area contributed by atoms with Crippen LogP contribution < -0.4 is 15.4 Å². The normalized spacial score (nSPS) is 11.8. The van der Waals surface area contributed by atoms with Crippen LogP contribution in [0.5, 0.6) is 5.75 Å². The molecule has 0 aliphatic rings. The van der Waals surface area contributed by atoms with Gasteiger partial charge in [-0.15, -0.1) is 11.3 Å². The number of rotatable bonds is 5. The predicted octanol–water partition coefficient (Wildman–Crippen LogP) is 3.59. The predicted molar refractivity (Wildman–Crippen MR) is 86.2 cm³/mol. The van der Waals surface area contributed by atoms with Crippen LogP contribution in [0.1, 0.15) is 30.5 Å². The summed E-state index contributed by atoms with van der Waals surface area (Å²) in [6.07, 6.45) is 0. The van der Waals surface area contributed by atoms with Gasteiger partial charge in [0, 0.05) is 17.5 Å². The van der Waals surface area contributed by atoms with Crippen LogP contribution in [0.3, 0.4) is 0 Å². The van der Waals surface area contributed by atoms with Crippen molar-refractivity contribution < 1.29 is 9.53 Å². The Morgan fingerprint density at radius 2 is 2.19 bits per heavy atom. The molecular weight excluding hydrogens is 286 g/mol. The maximum atomic E-state index is 11.2. The highest BCUT2D eigenvalue weighted by Crippen LogP contribution is 2.32. The molecule has 1 aromatic carbocycles. The number of methoxy groups -OCH3 is 1. The molecule has 5 nitrogen and oxygen atoms in total. The van der Waals surface area contributed by atoms with E-state index in [-0.39, 0.29) is 11.9 Å². The monoisotopic (exact) mass is 305 g/mol. The largest absolute Gasteiger partial charge is 0.495 e. The highest BCUT2D eigenvalue weighted by atomic mass is 32.1. The van der Waals surface area contributed by atoms with Gasteiger partial charge in [-0.2, -0.15) is 0 Å². The van der Waals surface area contributed by atoms with Crippen molar-refractivity contribution in [3.63, 3.8) is 0 Å². The molecule has 6 heteroatoms. The molecule has 0 aliphatic heterocycles. The van der Waals surface area contributed by atoms with Crippen LogP contribution >= 0.6 is 11.3 Å². The molecule has 2 aromatic rings. The van der Waals surface area contributed by atoms with Crippen LogP contribution in [-0.2, 0) is 4.79 Å². The first-order valence-corrected chi connectivity index (χ1v) is 7.51. The molecule has 1 unspecified atom stereocenters. The maximum absolute atomic E-state index is 11.2. The van der Waals surface area contributed by atoms with E-state index >= 15 is 0 Å². The summed E-state index contributed by atoms with van der Waals surface area (Å²) in [6.45, 7) is 5.56. The molecule has 0 radical (unpaired) electrons. The fourth-order valence-electron chi connectivity index (χ4n) is 2.13. The van der Waals surface area contributed by atoms with Crippen molar-refractivity contribution >= 4 is 28.6 Å². The zero-order valence-corrected chi connectivity index (χ0v) is 13.4. The lowest BCUT2D eigenvalue weighted by Gasteiger charge is -2.18. The van der Waals surface area contributed by atoms with Crippen molar-refractivity contribution in [3.8, 4) is 5.75 Å². The van der Waals surface area contributed by atoms with Crippen molar-refractivity contribution in [2.24, 2.45) is 0 Å². The van der Waals surface area contributed by atoms with Crippen molar-refractivity contribution in [1.82, 2.24) is 4.98 Å². The summed E-state index contributed by atoms with van der Waals surface area (Å²) in [6, 6.07) is 5.63. The number of hydrogen-bond donors (Lipinski definition) is 2.